The zero-order valence-corrected chi connectivity index (χ0v) is 21.1. The van der Waals surface area contributed by atoms with E-state index in [0.29, 0.717) is 0 Å². The van der Waals surface area contributed by atoms with Crippen molar-refractivity contribution in [3.63, 3.8) is 0 Å². The van der Waals surface area contributed by atoms with Gasteiger partial charge in [-0.1, -0.05) is 0 Å². The predicted molar refractivity (Wildman–Crippen MR) is 103 cm³/mol. The van der Waals surface area contributed by atoms with Crippen LogP contribution in [0.2, 0.25) is 0 Å². The number of rotatable bonds is 7. The third-order valence-electron chi connectivity index (χ3n) is 4.37. The van der Waals surface area contributed by atoms with Crippen molar-refractivity contribution in [2.45, 2.75) is 23.6 Å². The first-order valence-corrected chi connectivity index (χ1v) is 11.9. The summed E-state index contributed by atoms with van der Waals surface area (Å²) >= 11 is 1.87. The second kappa shape index (κ2) is 10.1. The number of aliphatic carboxylic acids is 1. The number of hydrogen-bond donors (Lipinski definition) is 4. The van der Waals surface area contributed by atoms with Crippen LogP contribution >= 0.6 is 23.1 Å². The van der Waals surface area contributed by atoms with E-state index in [1.807, 2.05) is 0 Å². The molecule has 1 aromatic heterocycles. The second-order valence-corrected chi connectivity index (χ2v) is 9.94. The monoisotopic (exact) mass is 514 g/mol. The zero-order valence-electron chi connectivity index (χ0n) is 16.6. The molecule has 0 bridgehead atoms. The molecule has 1 fully saturated rings. The summed E-state index contributed by atoms with van der Waals surface area (Å²) in [6, 6.07) is -1.26. The first kappa shape index (κ1) is 26.6. The summed E-state index contributed by atoms with van der Waals surface area (Å²) < 4.78 is 37.7. The first-order valence-electron chi connectivity index (χ1n) is 8.42. The topological polar surface area (TPSA) is 210 Å². The van der Waals surface area contributed by atoms with Crippen molar-refractivity contribution in [3.05, 3.63) is 27.1 Å². The molecule has 0 saturated carbocycles. The summed E-state index contributed by atoms with van der Waals surface area (Å²) in [6.45, 7) is 0.784. The minimum atomic E-state index is -4.94. The molecule has 3 rings (SSSR count). The van der Waals surface area contributed by atoms with E-state index in [4.69, 9.17) is 10.1 Å². The molecule has 2 aliphatic heterocycles. The number of aromatic nitrogens is 1. The van der Waals surface area contributed by atoms with Gasteiger partial charge in [-0.2, -0.15) is 8.42 Å². The second-order valence-electron chi connectivity index (χ2n) is 6.46. The fourth-order valence-corrected chi connectivity index (χ4v) is 5.89. The summed E-state index contributed by atoms with van der Waals surface area (Å²) in [5.41, 5.74) is -0.591. The molecule has 13 nitrogen and oxygen atoms in total. The van der Waals surface area contributed by atoms with Crippen LogP contribution in [0.4, 0.5) is 0 Å². The van der Waals surface area contributed by atoms with Gasteiger partial charge in [0, 0.05) is 23.6 Å². The summed E-state index contributed by atoms with van der Waals surface area (Å²) in [4.78, 5) is 50.8. The third kappa shape index (κ3) is 5.27. The molecule has 3 atom stereocenters. The predicted octanol–water partition coefficient (Wildman–Crippen LogP) is -5.54. The Hall–Kier alpha value is -1.69. The maximum Gasteiger partial charge on any atom is 1.00 e. The number of esters is 1. The minimum Gasteiger partial charge on any atom is -0.543 e. The van der Waals surface area contributed by atoms with Crippen LogP contribution in [0.15, 0.2) is 16.7 Å². The number of carboxylic acids is 1. The van der Waals surface area contributed by atoms with Crippen LogP contribution in [-0.2, 0) is 34.0 Å². The number of carbonyl (C=O) groups is 4. The number of aromatic amines is 1. The van der Waals surface area contributed by atoms with Gasteiger partial charge in [0.2, 0.25) is 11.2 Å². The van der Waals surface area contributed by atoms with Gasteiger partial charge >= 0.3 is 35.5 Å². The molecule has 0 aliphatic carbocycles. The summed E-state index contributed by atoms with van der Waals surface area (Å²) in [6.07, 6.45) is 0. The van der Waals surface area contributed by atoms with Crippen LogP contribution in [0, 0.1) is 5.41 Å². The van der Waals surface area contributed by atoms with Crippen molar-refractivity contribution in [2.24, 2.45) is 0 Å². The summed E-state index contributed by atoms with van der Waals surface area (Å²) in [5.74, 6) is -4.32. The first-order chi connectivity index (χ1) is 14.4. The Morgan fingerprint density at radius 3 is 2.62 bits per heavy atom. The number of fused-ring (bicyclic) bond motifs is 1. The average molecular weight is 514 g/mol. The smallest absolute Gasteiger partial charge is 0.543 e. The molecular weight excluding hydrogens is 499 g/mol. The number of hydrogen-bond acceptors (Lipinski definition) is 11. The van der Waals surface area contributed by atoms with E-state index in [1.165, 1.54) is 5.38 Å². The third-order valence-corrected chi connectivity index (χ3v) is 7.48. The van der Waals surface area contributed by atoms with Gasteiger partial charge in [-0.05, 0) is 0 Å². The molecule has 1 saturated heterocycles. The molecule has 0 radical (unpaired) electrons. The van der Waals surface area contributed by atoms with Crippen molar-refractivity contribution in [1.82, 2.24) is 15.2 Å². The summed E-state index contributed by atoms with van der Waals surface area (Å²) in [7, 11) is -4.94. The molecule has 2 aliphatic rings. The number of amides is 2. The number of H-pyrrole nitrogens is 1. The Morgan fingerprint density at radius 1 is 1.47 bits per heavy atom. The number of β-lactam (4-membered cyclic amide) rings is 1. The van der Waals surface area contributed by atoms with Crippen LogP contribution in [-0.4, -0.2) is 70.4 Å². The maximum atomic E-state index is 12.6. The molecule has 0 aromatic carbocycles. The van der Waals surface area contributed by atoms with Gasteiger partial charge in [-0.15, -0.1) is 23.1 Å². The Balaban J connectivity index is 0.00000363. The van der Waals surface area contributed by atoms with Crippen molar-refractivity contribution < 1.29 is 71.5 Å². The van der Waals surface area contributed by atoms with Crippen LogP contribution < -0.4 is 44.8 Å². The Morgan fingerprint density at radius 2 is 2.12 bits per heavy atom. The van der Waals surface area contributed by atoms with E-state index >= 15 is 0 Å². The van der Waals surface area contributed by atoms with E-state index in [0.717, 1.165) is 34.9 Å². The Kier molecular flexibility index (Phi) is 8.35. The van der Waals surface area contributed by atoms with Gasteiger partial charge in [0.05, 0.1) is 17.4 Å². The Labute approximate surface area is 211 Å². The number of carbonyl (C=O) groups excluding carboxylic acids is 4. The van der Waals surface area contributed by atoms with E-state index < -0.39 is 56.2 Å². The number of carboxylic acid groups (broad SMARTS) is 1. The van der Waals surface area contributed by atoms with Crippen LogP contribution in [0.5, 0.6) is 0 Å². The van der Waals surface area contributed by atoms with Gasteiger partial charge in [-0.25, -0.2) is 0 Å². The van der Waals surface area contributed by atoms with E-state index in [2.05, 4.69) is 10.3 Å². The van der Waals surface area contributed by atoms with Crippen molar-refractivity contribution >= 4 is 57.0 Å². The molecule has 0 spiro atoms. The minimum absolute atomic E-state index is 0. The maximum absolute atomic E-state index is 12.6. The normalized spacial score (nSPS) is 21.1. The zero-order chi connectivity index (χ0) is 23.1. The van der Waals surface area contributed by atoms with Crippen molar-refractivity contribution in [2.75, 3.05) is 12.4 Å². The molecule has 3 heterocycles. The van der Waals surface area contributed by atoms with E-state index in [-0.39, 0.29) is 58.0 Å². The molecule has 168 valence electrons. The van der Waals surface area contributed by atoms with Gasteiger partial charge < -0.3 is 24.9 Å². The molecule has 17 heteroatoms. The number of thioether (sulfide) groups is 1. The van der Waals surface area contributed by atoms with E-state index in [1.54, 1.807) is 0 Å². The van der Waals surface area contributed by atoms with Gasteiger partial charge in [0.15, 0.2) is 4.80 Å². The number of ether oxygens (including phenoxy) is 1. The Bertz CT molecular complexity index is 1160. The number of nitrogens with zero attached hydrogens (tertiary/aromatic N) is 1. The molecule has 2 unspecified atom stereocenters. The van der Waals surface area contributed by atoms with Crippen molar-refractivity contribution in [3.8, 4) is 0 Å². The van der Waals surface area contributed by atoms with E-state index in [9.17, 15) is 37.3 Å². The van der Waals surface area contributed by atoms with Gasteiger partial charge in [-0.3, -0.25) is 29.2 Å². The quantitative estimate of drug-likeness (QED) is 0.117. The summed E-state index contributed by atoms with van der Waals surface area (Å²) in [5, 5.41) is 19.4. The molecule has 2 amide bonds. The average Bonchev–Trinajstić information content (AvgIpc) is 3.07. The fraction of sp³-hybridized carbons (Fsp3) is 0.400. The van der Waals surface area contributed by atoms with Crippen molar-refractivity contribution in [1.29, 1.82) is 5.41 Å². The fourth-order valence-electron chi connectivity index (χ4n) is 3.08. The van der Waals surface area contributed by atoms with Gasteiger partial charge in [0.25, 0.3) is 16.0 Å². The molecule has 32 heavy (non-hydrogen) atoms. The van der Waals surface area contributed by atoms with Crippen LogP contribution in [0.25, 0.3) is 0 Å². The SMILES string of the molecule is CC(=O)OCC1=C(C(=O)[O-])N2C(=O)C(NC(=O)C(c3csc(=N)[nH]3)S(=O)(=O)O)[C@@H]2SC1.[Na+]. The van der Waals surface area contributed by atoms with Crippen LogP contribution in [0.3, 0.4) is 0 Å². The number of nitrogens with one attached hydrogen (secondary N) is 3. The van der Waals surface area contributed by atoms with Gasteiger partial charge in [0.1, 0.15) is 18.0 Å². The number of thiazole rings is 1. The molecule has 1 aromatic rings. The standard InChI is InChI=1S/C15H16N4O9S3.Na/c1-5(20)28-2-6-3-29-13-8(12(22)19(13)9(6)14(23)24)18-11(21)10(31(25,26)27)7-4-30-15(16)17-7;/h4,8,10,13H,2-3H2,1H3,(H2,16,17)(H,18,21)(H,23,24)(H,25,26,27);/q;+1/p-1/t8?,10?,13-;/m0./s1. The largest absolute Gasteiger partial charge is 1.00 e. The van der Waals surface area contributed by atoms with Crippen LogP contribution in [0.1, 0.15) is 17.9 Å². The molecule has 4 N–H and O–H groups in total. The molecular formula is C15H15N4NaO9S3.